The number of aromatic nitrogens is 1. The predicted octanol–water partition coefficient (Wildman–Crippen LogP) is 3.82. The zero-order chi connectivity index (χ0) is 20.6. The summed E-state index contributed by atoms with van der Waals surface area (Å²) in [5, 5.41) is 14.1. The molecule has 1 aromatic carbocycles. The molecule has 0 aliphatic heterocycles. The lowest BCUT2D eigenvalue weighted by atomic mass is 10.3. The largest absolute Gasteiger partial charge is 0.457 e. The number of carbonyl (C=O) groups is 2. The zero-order valence-corrected chi connectivity index (χ0v) is 16.2. The van der Waals surface area contributed by atoms with E-state index in [-0.39, 0.29) is 17.5 Å². The van der Waals surface area contributed by atoms with E-state index in [0.29, 0.717) is 22.1 Å². The van der Waals surface area contributed by atoms with Crippen LogP contribution < -0.4 is 15.4 Å². The van der Waals surface area contributed by atoms with Crippen molar-refractivity contribution in [1.82, 2.24) is 10.3 Å². The molecule has 3 rings (SSSR count). The SMILES string of the molecule is CNC(=O)c1cc(Oc2ccc(NC(=O)C=Cc3ccc(C#N)s3)cc2)ccn1. The molecule has 144 valence electrons. The molecular weight excluding hydrogens is 388 g/mol. The standard InChI is InChI=1S/C21H16N4O3S/c1-23-21(27)19-12-16(10-11-24-19)28-15-4-2-14(3-5-15)25-20(26)9-8-17-6-7-18(13-22)29-17/h2-12H,1H3,(H,23,27)(H,25,26). The van der Waals surface area contributed by atoms with E-state index in [9.17, 15) is 9.59 Å². The number of pyridine rings is 1. The molecule has 8 heteroatoms. The minimum atomic E-state index is -0.298. The number of nitriles is 1. The predicted molar refractivity (Wildman–Crippen MR) is 111 cm³/mol. The van der Waals surface area contributed by atoms with E-state index in [4.69, 9.17) is 10.00 Å². The molecule has 2 amide bonds. The van der Waals surface area contributed by atoms with Crippen LogP contribution in [0, 0.1) is 11.3 Å². The average Bonchev–Trinajstić information content (AvgIpc) is 3.21. The molecule has 2 N–H and O–H groups in total. The Morgan fingerprint density at radius 1 is 1.14 bits per heavy atom. The van der Waals surface area contributed by atoms with E-state index < -0.39 is 0 Å². The molecule has 2 aromatic heterocycles. The van der Waals surface area contributed by atoms with Crippen LogP contribution in [0.4, 0.5) is 5.69 Å². The lowest BCUT2D eigenvalue weighted by molar-refractivity contribution is -0.111. The summed E-state index contributed by atoms with van der Waals surface area (Å²) >= 11 is 1.31. The molecule has 0 aliphatic rings. The van der Waals surface area contributed by atoms with Crippen LogP contribution in [0.2, 0.25) is 0 Å². The molecule has 0 atom stereocenters. The normalized spacial score (nSPS) is 10.3. The fourth-order valence-corrected chi connectivity index (χ4v) is 3.02. The number of thiophene rings is 1. The Balaban J connectivity index is 1.59. The zero-order valence-electron chi connectivity index (χ0n) is 15.4. The van der Waals surface area contributed by atoms with Crippen molar-refractivity contribution in [2.75, 3.05) is 12.4 Å². The lowest BCUT2D eigenvalue weighted by Crippen LogP contribution is -2.18. The highest BCUT2D eigenvalue weighted by Gasteiger charge is 2.07. The Labute approximate surface area is 171 Å². The maximum Gasteiger partial charge on any atom is 0.269 e. The van der Waals surface area contributed by atoms with Crippen LogP contribution in [0.25, 0.3) is 6.08 Å². The van der Waals surface area contributed by atoms with Gasteiger partial charge in [0, 0.05) is 36.0 Å². The molecular formula is C21H16N4O3S. The number of carbonyl (C=O) groups excluding carboxylic acids is 2. The molecule has 0 spiro atoms. The van der Waals surface area contributed by atoms with Gasteiger partial charge in [-0.05, 0) is 48.5 Å². The second-order valence-electron chi connectivity index (χ2n) is 5.72. The van der Waals surface area contributed by atoms with Gasteiger partial charge in [0.2, 0.25) is 5.91 Å². The van der Waals surface area contributed by atoms with E-state index in [0.717, 1.165) is 4.88 Å². The van der Waals surface area contributed by atoms with Gasteiger partial charge in [-0.1, -0.05) is 0 Å². The Kier molecular flexibility index (Phi) is 6.35. The lowest BCUT2D eigenvalue weighted by Gasteiger charge is -2.08. The number of nitrogens with zero attached hydrogens (tertiary/aromatic N) is 2. The maximum atomic E-state index is 12.0. The van der Waals surface area contributed by atoms with Crippen LogP contribution in [0.15, 0.2) is 60.8 Å². The summed E-state index contributed by atoms with van der Waals surface area (Å²) in [4.78, 5) is 29.1. The molecule has 0 fully saturated rings. The first kappa shape index (κ1) is 19.8. The highest BCUT2D eigenvalue weighted by Crippen LogP contribution is 2.23. The van der Waals surface area contributed by atoms with Crippen molar-refractivity contribution < 1.29 is 14.3 Å². The highest BCUT2D eigenvalue weighted by atomic mass is 32.1. The maximum absolute atomic E-state index is 12.0. The van der Waals surface area contributed by atoms with Gasteiger partial charge in [-0.3, -0.25) is 14.6 Å². The summed E-state index contributed by atoms with van der Waals surface area (Å²) in [5.41, 5.74) is 0.866. The molecule has 29 heavy (non-hydrogen) atoms. The van der Waals surface area contributed by atoms with Gasteiger partial charge in [-0.2, -0.15) is 5.26 Å². The number of benzene rings is 1. The third-order valence-corrected chi connectivity index (χ3v) is 4.64. The van der Waals surface area contributed by atoms with E-state index in [2.05, 4.69) is 21.7 Å². The Morgan fingerprint density at radius 3 is 2.62 bits per heavy atom. The summed E-state index contributed by atoms with van der Waals surface area (Å²) < 4.78 is 5.72. The number of hydrogen-bond donors (Lipinski definition) is 2. The molecule has 0 saturated carbocycles. The number of ether oxygens (including phenoxy) is 1. The van der Waals surface area contributed by atoms with Gasteiger partial charge in [0.15, 0.2) is 0 Å². The van der Waals surface area contributed by atoms with Crippen molar-refractivity contribution in [3.8, 4) is 17.6 Å². The number of rotatable bonds is 6. The monoisotopic (exact) mass is 404 g/mol. The number of nitrogens with one attached hydrogen (secondary N) is 2. The van der Waals surface area contributed by atoms with Gasteiger partial charge < -0.3 is 15.4 Å². The molecule has 0 saturated heterocycles. The van der Waals surface area contributed by atoms with E-state index in [1.54, 1.807) is 54.6 Å². The van der Waals surface area contributed by atoms with Crippen LogP contribution in [-0.4, -0.2) is 23.8 Å². The van der Waals surface area contributed by atoms with E-state index >= 15 is 0 Å². The van der Waals surface area contributed by atoms with E-state index in [1.165, 1.54) is 30.7 Å². The summed E-state index contributed by atoms with van der Waals surface area (Å²) in [6, 6.07) is 15.6. The van der Waals surface area contributed by atoms with Gasteiger partial charge >= 0.3 is 0 Å². The van der Waals surface area contributed by atoms with Crippen molar-refractivity contribution in [3.63, 3.8) is 0 Å². The van der Waals surface area contributed by atoms with Gasteiger partial charge in [0.25, 0.3) is 5.91 Å². The Hall–Kier alpha value is -3.96. The second-order valence-corrected chi connectivity index (χ2v) is 6.83. The second kappa shape index (κ2) is 9.30. The molecule has 3 aromatic rings. The molecule has 7 nitrogen and oxygen atoms in total. The van der Waals surface area contributed by atoms with Crippen molar-refractivity contribution in [3.05, 3.63) is 76.3 Å². The van der Waals surface area contributed by atoms with Crippen LogP contribution in [0.3, 0.4) is 0 Å². The minimum absolute atomic E-state index is 0.258. The molecule has 2 heterocycles. The Bertz CT molecular complexity index is 1100. The topological polar surface area (TPSA) is 104 Å². The first-order chi connectivity index (χ1) is 14.1. The van der Waals surface area contributed by atoms with Gasteiger partial charge in [-0.15, -0.1) is 11.3 Å². The first-order valence-corrected chi connectivity index (χ1v) is 9.34. The molecule has 0 bridgehead atoms. The number of amides is 2. The highest BCUT2D eigenvalue weighted by molar-refractivity contribution is 7.13. The summed E-state index contributed by atoms with van der Waals surface area (Å²) in [7, 11) is 1.53. The first-order valence-electron chi connectivity index (χ1n) is 8.52. The average molecular weight is 404 g/mol. The fraction of sp³-hybridized carbons (Fsp3) is 0.0476. The molecule has 0 aliphatic carbocycles. The van der Waals surface area contributed by atoms with Gasteiger partial charge in [0.1, 0.15) is 28.1 Å². The number of anilines is 1. The number of hydrogen-bond acceptors (Lipinski definition) is 6. The quantitative estimate of drug-likeness (QED) is 0.608. The summed E-state index contributed by atoms with van der Waals surface area (Å²) in [6.45, 7) is 0. The van der Waals surface area contributed by atoms with Crippen LogP contribution >= 0.6 is 11.3 Å². The van der Waals surface area contributed by atoms with Crippen LogP contribution in [0.1, 0.15) is 20.2 Å². The van der Waals surface area contributed by atoms with Crippen LogP contribution in [-0.2, 0) is 4.79 Å². The smallest absolute Gasteiger partial charge is 0.269 e. The fourth-order valence-electron chi connectivity index (χ4n) is 2.31. The third kappa shape index (κ3) is 5.51. The van der Waals surface area contributed by atoms with Crippen molar-refractivity contribution in [1.29, 1.82) is 5.26 Å². The Morgan fingerprint density at radius 2 is 1.93 bits per heavy atom. The molecule has 0 unspecified atom stereocenters. The summed E-state index contributed by atoms with van der Waals surface area (Å²) in [6.07, 6.45) is 4.56. The molecule has 0 radical (unpaired) electrons. The van der Waals surface area contributed by atoms with Crippen LogP contribution in [0.5, 0.6) is 11.5 Å². The van der Waals surface area contributed by atoms with Gasteiger partial charge in [0.05, 0.1) is 0 Å². The van der Waals surface area contributed by atoms with Crippen molar-refractivity contribution in [2.24, 2.45) is 0 Å². The minimum Gasteiger partial charge on any atom is -0.457 e. The summed E-state index contributed by atoms with van der Waals surface area (Å²) in [5.74, 6) is 0.448. The van der Waals surface area contributed by atoms with Crippen molar-refractivity contribution in [2.45, 2.75) is 0 Å². The third-order valence-electron chi connectivity index (χ3n) is 3.68. The van der Waals surface area contributed by atoms with E-state index in [1.807, 2.05) is 0 Å². The van der Waals surface area contributed by atoms with Gasteiger partial charge in [-0.25, -0.2) is 0 Å². The van der Waals surface area contributed by atoms with Crippen molar-refractivity contribution >= 4 is 34.9 Å².